The second kappa shape index (κ2) is 6.24. The highest BCUT2D eigenvalue weighted by molar-refractivity contribution is 5.86. The molecule has 114 valence electrons. The molecule has 5 heteroatoms. The van der Waals surface area contributed by atoms with Crippen LogP contribution in [0.5, 0.6) is 0 Å². The number of ether oxygens (including phenoxy) is 1. The number of likely N-dealkylation sites (tertiary alicyclic amines) is 1. The molecular formula is C16H20FNO3. The molecule has 1 saturated heterocycles. The van der Waals surface area contributed by atoms with Gasteiger partial charge in [-0.25, -0.2) is 9.18 Å². The maximum atomic E-state index is 14.0. The van der Waals surface area contributed by atoms with E-state index < -0.39 is 12.0 Å². The molecule has 1 aromatic carbocycles. The molecule has 0 N–H and O–H groups in total. The fraction of sp³-hybridized carbons (Fsp3) is 0.500. The number of rotatable bonds is 3. The molecule has 0 bridgehead atoms. The Kier molecular flexibility index (Phi) is 4.60. The Hall–Kier alpha value is -1.91. The summed E-state index contributed by atoms with van der Waals surface area (Å²) in [6.07, 6.45) is 1.35. The Morgan fingerprint density at radius 2 is 2.10 bits per heavy atom. The number of halogens is 1. The first-order valence-electron chi connectivity index (χ1n) is 7.07. The molecule has 1 unspecified atom stereocenters. The van der Waals surface area contributed by atoms with Crippen LogP contribution >= 0.6 is 0 Å². The number of hydrogen-bond donors (Lipinski definition) is 0. The van der Waals surface area contributed by atoms with Gasteiger partial charge in [-0.05, 0) is 43.9 Å². The summed E-state index contributed by atoms with van der Waals surface area (Å²) in [5, 5.41) is 0. The number of amides is 1. The van der Waals surface area contributed by atoms with Crippen LogP contribution in [-0.2, 0) is 20.7 Å². The predicted octanol–water partition coefficient (Wildman–Crippen LogP) is 2.15. The third-order valence-corrected chi connectivity index (χ3v) is 3.94. The van der Waals surface area contributed by atoms with Crippen LogP contribution in [0.2, 0.25) is 0 Å². The summed E-state index contributed by atoms with van der Waals surface area (Å²) < 4.78 is 18.7. The number of carbonyl (C=O) groups is 2. The van der Waals surface area contributed by atoms with Crippen molar-refractivity contribution in [3.05, 3.63) is 34.6 Å². The molecule has 1 fully saturated rings. The van der Waals surface area contributed by atoms with Gasteiger partial charge in [0.15, 0.2) is 0 Å². The molecule has 1 aromatic rings. The molecular weight excluding hydrogens is 273 g/mol. The van der Waals surface area contributed by atoms with E-state index in [2.05, 4.69) is 0 Å². The molecule has 1 heterocycles. The van der Waals surface area contributed by atoms with Crippen LogP contribution in [0.4, 0.5) is 4.39 Å². The lowest BCUT2D eigenvalue weighted by Gasteiger charge is -2.23. The van der Waals surface area contributed by atoms with Crippen LogP contribution in [0, 0.1) is 19.7 Å². The number of methoxy groups -OCH3 is 1. The minimum Gasteiger partial charge on any atom is -0.467 e. The van der Waals surface area contributed by atoms with Crippen molar-refractivity contribution in [2.75, 3.05) is 13.7 Å². The van der Waals surface area contributed by atoms with Crippen molar-refractivity contribution in [3.8, 4) is 0 Å². The molecule has 0 saturated carbocycles. The lowest BCUT2D eigenvalue weighted by atomic mass is 10.0. The average Bonchev–Trinajstić information content (AvgIpc) is 2.91. The molecule has 4 nitrogen and oxygen atoms in total. The summed E-state index contributed by atoms with van der Waals surface area (Å²) in [6, 6.07) is 2.75. The van der Waals surface area contributed by atoms with E-state index in [1.54, 1.807) is 6.92 Å². The van der Waals surface area contributed by atoms with Crippen molar-refractivity contribution in [2.45, 2.75) is 39.2 Å². The summed E-state index contributed by atoms with van der Waals surface area (Å²) in [5.41, 5.74) is 1.99. The van der Waals surface area contributed by atoms with Crippen LogP contribution in [-0.4, -0.2) is 36.5 Å². The minimum atomic E-state index is -0.531. The summed E-state index contributed by atoms with van der Waals surface area (Å²) in [7, 11) is 1.31. The number of nitrogens with zero attached hydrogens (tertiary/aromatic N) is 1. The lowest BCUT2D eigenvalue weighted by Crippen LogP contribution is -2.42. The molecule has 1 aliphatic rings. The highest BCUT2D eigenvalue weighted by atomic mass is 19.1. The van der Waals surface area contributed by atoms with Gasteiger partial charge in [0, 0.05) is 12.1 Å². The van der Waals surface area contributed by atoms with E-state index in [1.807, 2.05) is 13.0 Å². The zero-order valence-electron chi connectivity index (χ0n) is 12.6. The summed E-state index contributed by atoms with van der Waals surface area (Å²) >= 11 is 0. The van der Waals surface area contributed by atoms with Gasteiger partial charge in [-0.2, -0.15) is 0 Å². The van der Waals surface area contributed by atoms with Gasteiger partial charge < -0.3 is 9.64 Å². The van der Waals surface area contributed by atoms with Gasteiger partial charge in [0.25, 0.3) is 0 Å². The second-order valence-corrected chi connectivity index (χ2v) is 5.49. The van der Waals surface area contributed by atoms with E-state index in [0.29, 0.717) is 18.5 Å². The van der Waals surface area contributed by atoms with Gasteiger partial charge in [-0.3, -0.25) is 4.79 Å². The Bertz CT molecular complexity index is 548. The Balaban J connectivity index is 2.17. The average molecular weight is 293 g/mol. The predicted molar refractivity (Wildman–Crippen MR) is 76.3 cm³/mol. The van der Waals surface area contributed by atoms with Gasteiger partial charge >= 0.3 is 5.97 Å². The van der Waals surface area contributed by atoms with Gasteiger partial charge in [-0.15, -0.1) is 0 Å². The fourth-order valence-corrected chi connectivity index (χ4v) is 2.87. The topological polar surface area (TPSA) is 46.6 Å². The SMILES string of the molecule is COC(=O)C1CCCN1C(=O)Cc1c(C)cc(C)cc1F. The molecule has 21 heavy (non-hydrogen) atoms. The van der Waals surface area contributed by atoms with Gasteiger partial charge in [0.05, 0.1) is 13.5 Å². The lowest BCUT2D eigenvalue weighted by molar-refractivity contribution is -0.150. The van der Waals surface area contributed by atoms with Gasteiger partial charge in [0.1, 0.15) is 11.9 Å². The standard InChI is InChI=1S/C16H20FNO3/c1-10-7-11(2)12(13(17)8-10)9-15(19)18-6-4-5-14(18)16(20)21-3/h7-8,14H,4-6,9H2,1-3H3. The smallest absolute Gasteiger partial charge is 0.328 e. The Morgan fingerprint density at radius 1 is 1.38 bits per heavy atom. The Morgan fingerprint density at radius 3 is 2.71 bits per heavy atom. The molecule has 0 aliphatic carbocycles. The second-order valence-electron chi connectivity index (χ2n) is 5.49. The van der Waals surface area contributed by atoms with Crippen molar-refractivity contribution in [1.29, 1.82) is 0 Å². The zero-order valence-corrected chi connectivity index (χ0v) is 12.6. The maximum Gasteiger partial charge on any atom is 0.328 e. The summed E-state index contributed by atoms with van der Waals surface area (Å²) in [6.45, 7) is 4.13. The van der Waals surface area contributed by atoms with Crippen molar-refractivity contribution in [3.63, 3.8) is 0 Å². The van der Waals surface area contributed by atoms with Crippen LogP contribution < -0.4 is 0 Å². The number of esters is 1. The first-order valence-corrected chi connectivity index (χ1v) is 7.07. The van der Waals surface area contributed by atoms with Crippen molar-refractivity contribution >= 4 is 11.9 Å². The number of aryl methyl sites for hydroxylation is 2. The molecule has 2 rings (SSSR count). The van der Waals surface area contributed by atoms with Gasteiger partial charge in [-0.1, -0.05) is 6.07 Å². The van der Waals surface area contributed by atoms with Crippen molar-refractivity contribution in [1.82, 2.24) is 4.90 Å². The minimum absolute atomic E-state index is 0.0224. The number of hydrogen-bond acceptors (Lipinski definition) is 3. The van der Waals surface area contributed by atoms with E-state index in [1.165, 1.54) is 18.1 Å². The maximum absolute atomic E-state index is 14.0. The van der Waals surface area contributed by atoms with Crippen LogP contribution in [0.1, 0.15) is 29.5 Å². The number of carbonyl (C=O) groups excluding carboxylic acids is 2. The molecule has 0 spiro atoms. The van der Waals surface area contributed by atoms with E-state index in [-0.39, 0.29) is 18.1 Å². The normalized spacial score (nSPS) is 17.9. The van der Waals surface area contributed by atoms with Crippen LogP contribution in [0.25, 0.3) is 0 Å². The quantitative estimate of drug-likeness (QED) is 0.802. The first-order chi connectivity index (χ1) is 9.93. The van der Waals surface area contributed by atoms with E-state index in [4.69, 9.17) is 4.74 Å². The fourth-order valence-electron chi connectivity index (χ4n) is 2.87. The highest BCUT2D eigenvalue weighted by Crippen LogP contribution is 2.22. The zero-order chi connectivity index (χ0) is 15.6. The molecule has 1 aliphatic heterocycles. The van der Waals surface area contributed by atoms with E-state index in [9.17, 15) is 14.0 Å². The van der Waals surface area contributed by atoms with Gasteiger partial charge in [0.2, 0.25) is 5.91 Å². The van der Waals surface area contributed by atoms with Crippen molar-refractivity contribution in [2.24, 2.45) is 0 Å². The summed E-state index contributed by atoms with van der Waals surface area (Å²) in [4.78, 5) is 25.6. The third kappa shape index (κ3) is 3.23. The van der Waals surface area contributed by atoms with Crippen molar-refractivity contribution < 1.29 is 18.7 Å². The monoisotopic (exact) mass is 293 g/mol. The number of benzene rings is 1. The largest absolute Gasteiger partial charge is 0.467 e. The Labute approximate surface area is 123 Å². The first kappa shape index (κ1) is 15.5. The molecule has 1 amide bonds. The third-order valence-electron chi connectivity index (χ3n) is 3.94. The highest BCUT2D eigenvalue weighted by Gasteiger charge is 2.35. The van der Waals surface area contributed by atoms with E-state index in [0.717, 1.165) is 17.5 Å². The van der Waals surface area contributed by atoms with Crippen LogP contribution in [0.3, 0.4) is 0 Å². The summed E-state index contributed by atoms with van der Waals surface area (Å²) in [5.74, 6) is -0.995. The molecule has 0 radical (unpaired) electrons. The molecule has 1 atom stereocenters. The van der Waals surface area contributed by atoms with E-state index >= 15 is 0 Å². The molecule has 0 aromatic heterocycles. The van der Waals surface area contributed by atoms with Crippen LogP contribution in [0.15, 0.2) is 12.1 Å².